The van der Waals surface area contributed by atoms with Crippen molar-refractivity contribution in [2.45, 2.75) is 83.3 Å². The Kier molecular flexibility index (Phi) is 10.6. The van der Waals surface area contributed by atoms with Crippen molar-refractivity contribution >= 4 is 29.3 Å². The van der Waals surface area contributed by atoms with E-state index in [-0.39, 0.29) is 35.7 Å². The van der Waals surface area contributed by atoms with Gasteiger partial charge in [-0.1, -0.05) is 56.8 Å². The van der Waals surface area contributed by atoms with Crippen LogP contribution in [0.5, 0.6) is 0 Å². The monoisotopic (exact) mass is 518 g/mol. The van der Waals surface area contributed by atoms with Gasteiger partial charge in [-0.25, -0.2) is 0 Å². The van der Waals surface area contributed by atoms with E-state index in [0.717, 1.165) is 37.7 Å². The molecule has 0 unspecified atom stereocenters. The minimum absolute atomic E-state index is 0.0348. The molecule has 0 radical (unpaired) electrons. The molecule has 1 aromatic carbocycles. The van der Waals surface area contributed by atoms with Crippen LogP contribution in [0.15, 0.2) is 24.3 Å². The van der Waals surface area contributed by atoms with Crippen molar-refractivity contribution in [1.82, 2.24) is 20.0 Å². The van der Waals surface area contributed by atoms with Crippen LogP contribution in [0.25, 0.3) is 0 Å². The molecule has 3 amide bonds. The van der Waals surface area contributed by atoms with Crippen LogP contribution >= 0.6 is 11.6 Å². The van der Waals surface area contributed by atoms with E-state index < -0.39 is 6.04 Å². The first-order valence-electron chi connectivity index (χ1n) is 13.4. The Morgan fingerprint density at radius 3 is 2.31 bits per heavy atom. The summed E-state index contributed by atoms with van der Waals surface area (Å²) in [6, 6.07) is 7.05. The summed E-state index contributed by atoms with van der Waals surface area (Å²) in [5, 5.41) is 3.63. The van der Waals surface area contributed by atoms with E-state index in [0.29, 0.717) is 37.5 Å². The highest BCUT2D eigenvalue weighted by atomic mass is 35.5. The fraction of sp³-hybridized carbons (Fsp3) is 0.679. The third-order valence-electron chi connectivity index (χ3n) is 7.36. The smallest absolute Gasteiger partial charge is 0.245 e. The van der Waals surface area contributed by atoms with Crippen LogP contribution in [0.1, 0.15) is 64.4 Å². The number of benzene rings is 1. The molecule has 2 aliphatic rings. The number of hydrogen-bond donors (Lipinski definition) is 1. The highest BCUT2D eigenvalue weighted by Crippen LogP contribution is 2.29. The van der Waals surface area contributed by atoms with Crippen molar-refractivity contribution in [3.05, 3.63) is 34.9 Å². The van der Waals surface area contributed by atoms with E-state index in [1.807, 2.05) is 49.9 Å². The van der Waals surface area contributed by atoms with Gasteiger partial charge >= 0.3 is 0 Å². The zero-order valence-corrected chi connectivity index (χ0v) is 23.1. The summed E-state index contributed by atoms with van der Waals surface area (Å²) < 4.78 is 0. The molecule has 2 fully saturated rings. The van der Waals surface area contributed by atoms with E-state index in [4.69, 9.17) is 11.6 Å². The fourth-order valence-electron chi connectivity index (χ4n) is 5.35. The number of carbonyl (C=O) groups is 3. The molecule has 36 heavy (non-hydrogen) atoms. The second kappa shape index (κ2) is 13.4. The van der Waals surface area contributed by atoms with E-state index in [1.54, 1.807) is 12.1 Å². The lowest BCUT2D eigenvalue weighted by Crippen LogP contribution is -2.53. The third kappa shape index (κ3) is 7.94. The second-order valence-corrected chi connectivity index (χ2v) is 11.4. The maximum atomic E-state index is 13.7. The summed E-state index contributed by atoms with van der Waals surface area (Å²) >= 11 is 6.05. The molecule has 1 saturated heterocycles. The number of nitrogens with zero attached hydrogens (tertiary/aromatic N) is 3. The van der Waals surface area contributed by atoms with Gasteiger partial charge in [0.15, 0.2) is 0 Å². The highest BCUT2D eigenvalue weighted by Gasteiger charge is 2.39. The summed E-state index contributed by atoms with van der Waals surface area (Å²) in [5.74, 6) is -0.0851. The van der Waals surface area contributed by atoms with Crippen LogP contribution in [0.3, 0.4) is 0 Å². The van der Waals surface area contributed by atoms with Gasteiger partial charge in [0, 0.05) is 49.5 Å². The molecule has 0 spiro atoms. The molecule has 8 heteroatoms. The quantitative estimate of drug-likeness (QED) is 0.512. The van der Waals surface area contributed by atoms with Gasteiger partial charge in [-0.15, -0.1) is 0 Å². The van der Waals surface area contributed by atoms with Crippen LogP contribution in [0, 0.1) is 5.92 Å². The Bertz CT molecular complexity index is 883. The standard InChI is InChI=1S/C28H43ClN4O3/c1-20(2)27(35)33(23-8-6-5-7-9-23)24-14-17-32(19-24)28(36)25(30-26(34)15-16-31(3)4)18-21-10-12-22(29)13-11-21/h10-13,20,23-25H,5-9,14-19H2,1-4H3,(H,30,34)/t24-,25+/m0/s1. The summed E-state index contributed by atoms with van der Waals surface area (Å²) in [6.45, 7) is 5.66. The van der Waals surface area contributed by atoms with Gasteiger partial charge in [0.2, 0.25) is 17.7 Å². The molecule has 0 bridgehead atoms. The molecule has 7 nitrogen and oxygen atoms in total. The summed E-state index contributed by atoms with van der Waals surface area (Å²) in [7, 11) is 3.84. The lowest BCUT2D eigenvalue weighted by Gasteiger charge is -2.39. The number of carbonyl (C=O) groups excluding carboxylic acids is 3. The third-order valence-corrected chi connectivity index (χ3v) is 7.61. The average molecular weight is 519 g/mol. The molecule has 2 atom stereocenters. The molecule has 1 aliphatic carbocycles. The van der Waals surface area contributed by atoms with E-state index in [2.05, 4.69) is 10.2 Å². The van der Waals surface area contributed by atoms with E-state index >= 15 is 0 Å². The predicted octanol–water partition coefficient (Wildman–Crippen LogP) is 3.74. The number of likely N-dealkylation sites (tertiary alicyclic amines) is 1. The Morgan fingerprint density at radius 2 is 1.69 bits per heavy atom. The van der Waals surface area contributed by atoms with Crippen LogP contribution in [0.4, 0.5) is 0 Å². The first-order chi connectivity index (χ1) is 17.2. The maximum absolute atomic E-state index is 13.7. The Balaban J connectivity index is 1.73. The highest BCUT2D eigenvalue weighted by molar-refractivity contribution is 6.30. The Labute approximate surface area is 221 Å². The van der Waals surface area contributed by atoms with Crippen LogP contribution in [-0.4, -0.2) is 84.3 Å². The largest absolute Gasteiger partial charge is 0.344 e. The van der Waals surface area contributed by atoms with E-state index in [1.165, 1.54) is 6.42 Å². The number of rotatable bonds is 10. The van der Waals surface area contributed by atoms with Gasteiger partial charge < -0.3 is 20.0 Å². The molecule has 1 heterocycles. The molecule has 200 valence electrons. The van der Waals surface area contributed by atoms with Crippen LogP contribution < -0.4 is 5.32 Å². The van der Waals surface area contributed by atoms with Gasteiger partial charge in [0.05, 0.1) is 6.04 Å². The van der Waals surface area contributed by atoms with Crippen LogP contribution in [-0.2, 0) is 20.8 Å². The van der Waals surface area contributed by atoms with Crippen molar-refractivity contribution in [1.29, 1.82) is 0 Å². The molecule has 1 aliphatic heterocycles. The zero-order chi connectivity index (χ0) is 26.2. The molecule has 1 saturated carbocycles. The van der Waals surface area contributed by atoms with Crippen LogP contribution in [0.2, 0.25) is 5.02 Å². The van der Waals surface area contributed by atoms with Crippen molar-refractivity contribution in [2.75, 3.05) is 33.7 Å². The Morgan fingerprint density at radius 1 is 1.03 bits per heavy atom. The van der Waals surface area contributed by atoms with Gasteiger partial charge in [-0.2, -0.15) is 0 Å². The number of amides is 3. The zero-order valence-electron chi connectivity index (χ0n) is 22.3. The van der Waals surface area contributed by atoms with Gasteiger partial charge in [0.1, 0.15) is 6.04 Å². The topological polar surface area (TPSA) is 73.0 Å². The van der Waals surface area contributed by atoms with E-state index in [9.17, 15) is 14.4 Å². The number of halogens is 1. The predicted molar refractivity (Wildman–Crippen MR) is 144 cm³/mol. The van der Waals surface area contributed by atoms with Gasteiger partial charge in [-0.05, 0) is 51.1 Å². The fourth-order valence-corrected chi connectivity index (χ4v) is 5.48. The van der Waals surface area contributed by atoms with Gasteiger partial charge in [-0.3, -0.25) is 14.4 Å². The SMILES string of the molecule is CC(C)C(=O)N(C1CCCCC1)[C@H]1CCN(C(=O)[C@@H](Cc2ccc(Cl)cc2)NC(=O)CCN(C)C)C1. The molecule has 0 aromatic heterocycles. The molecule has 3 rings (SSSR count). The number of nitrogens with one attached hydrogen (secondary N) is 1. The average Bonchev–Trinajstić information content (AvgIpc) is 3.33. The second-order valence-electron chi connectivity index (χ2n) is 10.9. The first-order valence-corrected chi connectivity index (χ1v) is 13.8. The summed E-state index contributed by atoms with van der Waals surface area (Å²) in [6.07, 6.45) is 7.15. The van der Waals surface area contributed by atoms with Crippen molar-refractivity contribution < 1.29 is 14.4 Å². The minimum atomic E-state index is -0.650. The van der Waals surface area contributed by atoms with Crippen molar-refractivity contribution in [3.8, 4) is 0 Å². The molecule has 1 aromatic rings. The lowest BCUT2D eigenvalue weighted by molar-refractivity contribution is -0.141. The maximum Gasteiger partial charge on any atom is 0.245 e. The first kappa shape index (κ1) is 28.5. The molecular weight excluding hydrogens is 476 g/mol. The minimum Gasteiger partial charge on any atom is -0.344 e. The molecular formula is C28H43ClN4O3. The Hall–Kier alpha value is -2.12. The van der Waals surface area contributed by atoms with Gasteiger partial charge in [0.25, 0.3) is 0 Å². The lowest BCUT2D eigenvalue weighted by atomic mass is 9.92. The molecule has 1 N–H and O–H groups in total. The normalized spacial score (nSPS) is 19.5. The summed E-state index contributed by atoms with van der Waals surface area (Å²) in [4.78, 5) is 45.5. The van der Waals surface area contributed by atoms with Crippen molar-refractivity contribution in [3.63, 3.8) is 0 Å². The van der Waals surface area contributed by atoms with Crippen molar-refractivity contribution in [2.24, 2.45) is 5.92 Å². The summed E-state index contributed by atoms with van der Waals surface area (Å²) in [5.41, 5.74) is 0.945. The number of hydrogen-bond acceptors (Lipinski definition) is 4.